The van der Waals surface area contributed by atoms with Crippen LogP contribution in [0.25, 0.3) is 0 Å². The number of benzene rings is 1. The zero-order chi connectivity index (χ0) is 13.1. The summed E-state index contributed by atoms with van der Waals surface area (Å²) in [5, 5.41) is 10.5. The van der Waals surface area contributed by atoms with Crippen molar-refractivity contribution >= 4 is 22.9 Å². The van der Waals surface area contributed by atoms with Crippen LogP contribution in [0.5, 0.6) is 0 Å². The third-order valence-corrected chi connectivity index (χ3v) is 4.18. The number of amides is 1. The molecule has 4 heteroatoms. The van der Waals surface area contributed by atoms with Gasteiger partial charge in [-0.15, -0.1) is 0 Å². The molecular weight excluding hydrogens is 256 g/mol. The Bertz CT molecular complexity index is 565. The van der Waals surface area contributed by atoms with E-state index < -0.39 is 0 Å². The van der Waals surface area contributed by atoms with E-state index in [2.05, 4.69) is 16.0 Å². The molecule has 0 bridgehead atoms. The Hall–Kier alpha value is -1.81. The van der Waals surface area contributed by atoms with E-state index in [4.69, 9.17) is 0 Å². The normalized spacial score (nSPS) is 17.4. The zero-order valence-electron chi connectivity index (χ0n) is 10.6. The van der Waals surface area contributed by atoms with Crippen molar-refractivity contribution in [3.8, 4) is 0 Å². The van der Waals surface area contributed by atoms with Crippen LogP contribution in [0.1, 0.15) is 23.5 Å². The van der Waals surface area contributed by atoms with E-state index >= 15 is 0 Å². The first-order chi connectivity index (χ1) is 9.34. The first-order valence-electron chi connectivity index (χ1n) is 6.46. The van der Waals surface area contributed by atoms with E-state index in [1.54, 1.807) is 11.3 Å². The number of fused-ring (bicyclic) bond motifs is 1. The molecule has 0 fully saturated rings. The topological polar surface area (TPSA) is 41.1 Å². The fraction of sp³-hybridized carbons (Fsp3) is 0.267. The number of carbonyl (C=O) groups excluding carboxylic acids is 1. The van der Waals surface area contributed by atoms with E-state index in [-0.39, 0.29) is 11.8 Å². The molecule has 0 spiro atoms. The van der Waals surface area contributed by atoms with Crippen LogP contribution in [-0.4, -0.2) is 12.5 Å². The number of hydrogen-bond acceptors (Lipinski definition) is 3. The second-order valence-corrected chi connectivity index (χ2v) is 5.48. The summed E-state index contributed by atoms with van der Waals surface area (Å²) in [7, 11) is 0. The second-order valence-electron chi connectivity index (χ2n) is 4.70. The predicted molar refractivity (Wildman–Crippen MR) is 78.5 cm³/mol. The quantitative estimate of drug-likeness (QED) is 0.902. The Kier molecular flexibility index (Phi) is 3.51. The molecule has 2 N–H and O–H groups in total. The van der Waals surface area contributed by atoms with Gasteiger partial charge in [-0.05, 0) is 40.4 Å². The highest BCUT2D eigenvalue weighted by Crippen LogP contribution is 2.31. The van der Waals surface area contributed by atoms with Gasteiger partial charge in [0, 0.05) is 18.8 Å². The molecule has 1 aliphatic rings. The standard InChI is InChI=1S/C15H16N2OS/c18-15(17-9-11-6-8-19-10-11)13-5-7-16-14-4-2-1-3-12(13)14/h1-4,6,8,10,13,16H,5,7,9H2,(H,17,18). The lowest BCUT2D eigenvalue weighted by molar-refractivity contribution is -0.122. The van der Waals surface area contributed by atoms with Gasteiger partial charge < -0.3 is 10.6 Å². The molecule has 1 unspecified atom stereocenters. The lowest BCUT2D eigenvalue weighted by Gasteiger charge is -2.25. The summed E-state index contributed by atoms with van der Waals surface area (Å²) in [6.45, 7) is 1.47. The molecule has 0 saturated carbocycles. The van der Waals surface area contributed by atoms with Crippen LogP contribution in [0.2, 0.25) is 0 Å². The minimum absolute atomic E-state index is 0.0314. The van der Waals surface area contributed by atoms with Gasteiger partial charge in [-0.25, -0.2) is 0 Å². The van der Waals surface area contributed by atoms with Gasteiger partial charge in [0.15, 0.2) is 0 Å². The van der Waals surface area contributed by atoms with Crippen LogP contribution in [0.4, 0.5) is 5.69 Å². The van der Waals surface area contributed by atoms with Crippen molar-refractivity contribution in [1.29, 1.82) is 0 Å². The lowest BCUT2D eigenvalue weighted by Crippen LogP contribution is -2.32. The van der Waals surface area contributed by atoms with E-state index in [0.29, 0.717) is 6.54 Å². The third kappa shape index (κ3) is 2.63. The summed E-state index contributed by atoms with van der Waals surface area (Å²) in [6.07, 6.45) is 0.854. The monoisotopic (exact) mass is 272 g/mol. The Morgan fingerprint density at radius 1 is 1.37 bits per heavy atom. The Morgan fingerprint density at radius 3 is 3.11 bits per heavy atom. The van der Waals surface area contributed by atoms with Crippen molar-refractivity contribution < 1.29 is 4.79 Å². The predicted octanol–water partition coefficient (Wildman–Crippen LogP) is 2.96. The molecule has 1 atom stereocenters. The molecule has 1 aromatic heterocycles. The molecule has 2 heterocycles. The number of para-hydroxylation sites is 1. The van der Waals surface area contributed by atoms with Gasteiger partial charge in [0.2, 0.25) is 5.91 Å². The molecular formula is C15H16N2OS. The van der Waals surface area contributed by atoms with Gasteiger partial charge in [-0.1, -0.05) is 18.2 Å². The van der Waals surface area contributed by atoms with Gasteiger partial charge >= 0.3 is 0 Å². The van der Waals surface area contributed by atoms with Crippen LogP contribution in [0.3, 0.4) is 0 Å². The fourth-order valence-electron chi connectivity index (χ4n) is 2.45. The van der Waals surface area contributed by atoms with E-state index in [1.165, 1.54) is 5.56 Å². The molecule has 0 aliphatic carbocycles. The largest absolute Gasteiger partial charge is 0.385 e. The maximum absolute atomic E-state index is 12.3. The summed E-state index contributed by atoms with van der Waals surface area (Å²) in [5.41, 5.74) is 3.36. The zero-order valence-corrected chi connectivity index (χ0v) is 11.4. The lowest BCUT2D eigenvalue weighted by atomic mass is 9.90. The van der Waals surface area contributed by atoms with E-state index in [9.17, 15) is 4.79 Å². The van der Waals surface area contributed by atoms with Crippen molar-refractivity contribution in [2.75, 3.05) is 11.9 Å². The smallest absolute Gasteiger partial charge is 0.227 e. The highest BCUT2D eigenvalue weighted by molar-refractivity contribution is 7.07. The fourth-order valence-corrected chi connectivity index (χ4v) is 3.12. The first-order valence-corrected chi connectivity index (χ1v) is 7.40. The summed E-state index contributed by atoms with van der Waals surface area (Å²) < 4.78 is 0. The molecule has 0 radical (unpaired) electrons. The van der Waals surface area contributed by atoms with Gasteiger partial charge in [0.25, 0.3) is 0 Å². The summed E-state index contributed by atoms with van der Waals surface area (Å²) in [4.78, 5) is 12.3. The molecule has 2 aromatic rings. The summed E-state index contributed by atoms with van der Waals surface area (Å²) in [6, 6.07) is 10.1. The van der Waals surface area contributed by atoms with Crippen molar-refractivity contribution in [1.82, 2.24) is 5.32 Å². The van der Waals surface area contributed by atoms with Crippen LogP contribution in [0.15, 0.2) is 41.1 Å². The van der Waals surface area contributed by atoms with Crippen molar-refractivity contribution in [3.63, 3.8) is 0 Å². The average molecular weight is 272 g/mol. The minimum atomic E-state index is -0.0314. The second kappa shape index (κ2) is 5.45. The van der Waals surface area contributed by atoms with Gasteiger partial charge in [-0.2, -0.15) is 11.3 Å². The van der Waals surface area contributed by atoms with Crippen molar-refractivity contribution in [3.05, 3.63) is 52.2 Å². The Labute approximate surface area is 116 Å². The summed E-state index contributed by atoms with van der Waals surface area (Å²) >= 11 is 1.65. The molecule has 98 valence electrons. The van der Waals surface area contributed by atoms with Gasteiger partial charge in [0.05, 0.1) is 5.92 Å². The molecule has 19 heavy (non-hydrogen) atoms. The molecule has 1 aliphatic heterocycles. The number of anilines is 1. The minimum Gasteiger partial charge on any atom is -0.385 e. The highest BCUT2D eigenvalue weighted by Gasteiger charge is 2.25. The average Bonchev–Trinajstić information content (AvgIpc) is 2.97. The maximum atomic E-state index is 12.3. The SMILES string of the molecule is O=C(NCc1ccsc1)C1CCNc2ccccc21. The molecule has 3 rings (SSSR count). The number of carbonyl (C=O) groups is 1. The van der Waals surface area contributed by atoms with Gasteiger partial charge in [0.1, 0.15) is 0 Å². The van der Waals surface area contributed by atoms with Crippen molar-refractivity contribution in [2.24, 2.45) is 0 Å². The highest BCUT2D eigenvalue weighted by atomic mass is 32.1. The molecule has 0 saturated heterocycles. The third-order valence-electron chi connectivity index (χ3n) is 3.45. The Morgan fingerprint density at radius 2 is 2.26 bits per heavy atom. The van der Waals surface area contributed by atoms with Crippen LogP contribution in [0, 0.1) is 0 Å². The van der Waals surface area contributed by atoms with Crippen LogP contribution in [-0.2, 0) is 11.3 Å². The number of thiophene rings is 1. The van der Waals surface area contributed by atoms with Crippen LogP contribution < -0.4 is 10.6 Å². The van der Waals surface area contributed by atoms with E-state index in [0.717, 1.165) is 24.2 Å². The number of hydrogen-bond donors (Lipinski definition) is 2. The number of nitrogens with one attached hydrogen (secondary N) is 2. The number of rotatable bonds is 3. The van der Waals surface area contributed by atoms with E-state index in [1.807, 2.05) is 35.7 Å². The van der Waals surface area contributed by atoms with Crippen molar-refractivity contribution in [2.45, 2.75) is 18.9 Å². The first kappa shape index (κ1) is 12.2. The van der Waals surface area contributed by atoms with Gasteiger partial charge in [-0.3, -0.25) is 4.79 Å². The van der Waals surface area contributed by atoms with Crippen LogP contribution >= 0.6 is 11.3 Å². The maximum Gasteiger partial charge on any atom is 0.227 e. The summed E-state index contributed by atoms with van der Waals surface area (Å²) in [5.74, 6) is 0.0937. The molecule has 3 nitrogen and oxygen atoms in total. The Balaban J connectivity index is 1.71. The molecule has 1 amide bonds. The molecule has 1 aromatic carbocycles.